The van der Waals surface area contributed by atoms with Crippen molar-refractivity contribution in [3.05, 3.63) is 107 Å². The summed E-state index contributed by atoms with van der Waals surface area (Å²) in [7, 11) is 4.28. The maximum Gasteiger partial charge on any atom is 0.345 e. The fraction of sp³-hybridized carbons (Fsp3) is 0.452. The van der Waals surface area contributed by atoms with Gasteiger partial charge < -0.3 is 46.4 Å². The van der Waals surface area contributed by atoms with Crippen molar-refractivity contribution in [3.8, 4) is 22.5 Å². The molecule has 17 heteroatoms. The number of carbonyl (C=O) groups is 2. The maximum absolute atomic E-state index is 13.0. The van der Waals surface area contributed by atoms with Gasteiger partial charge in [0.25, 0.3) is 5.91 Å². The number of carboxylic acids is 1. The largest absolute Gasteiger partial charge is 0.477 e. The number of likely N-dealkylation sites (tertiary alicyclic amines) is 4. The number of aromatic carboxylic acids is 1. The number of nitrogens with two attached hydrogens (primary N) is 1. The van der Waals surface area contributed by atoms with Crippen molar-refractivity contribution in [2.24, 2.45) is 5.73 Å². The van der Waals surface area contributed by atoms with Gasteiger partial charge in [-0.3, -0.25) is 14.8 Å². The standard InChI is InChI=1S/C31H38N6OS.C25H26N4O2S.C6H14N2/c1-36-16-9-24(10-17-36)34-31(38)30-19-23-7-6-22(18-29(23)39-30)27-20-28(25-21-32-12-8-26(25)35-27)33-11-5-15-37-13-3-2-4-14-37;30-25(31)24-14-18-6-5-17(13-23(18)32-24)21-15-22(19-16-26-9-7-20(19)28-21)27-8-4-12-29-10-2-1-3-11-29;1-8-4-2-6(7)3-5-8/h6-8,12,18-21,24H,2-5,9-11,13-17H2,1H3,(H,33,35)(H,34,38);5-7,9,13-16H,1-4,8,10-12H2,(H,27,28)(H,30,31);6H,2-5,7H2,1H3. The lowest BCUT2D eigenvalue weighted by molar-refractivity contribution is 0.0701. The zero-order valence-electron chi connectivity index (χ0n) is 46.1. The number of thiophene rings is 2. The van der Waals surface area contributed by atoms with Crippen LogP contribution in [0.25, 0.3) is 64.5 Å². The summed E-state index contributed by atoms with van der Waals surface area (Å²) in [4.78, 5) is 53.7. The molecular formula is C62H78N12O3S2. The van der Waals surface area contributed by atoms with E-state index in [-0.39, 0.29) is 11.9 Å². The van der Waals surface area contributed by atoms with Gasteiger partial charge in [0.05, 0.1) is 27.3 Å². The van der Waals surface area contributed by atoms with Gasteiger partial charge in [0.15, 0.2) is 0 Å². The Morgan fingerprint density at radius 2 is 1.06 bits per heavy atom. The molecule has 416 valence electrons. The first-order valence-electron chi connectivity index (χ1n) is 28.8. The van der Waals surface area contributed by atoms with E-state index in [9.17, 15) is 14.7 Å². The lowest BCUT2D eigenvalue weighted by Crippen LogP contribution is -2.43. The number of rotatable bonds is 15. The average Bonchev–Trinajstić information content (AvgIpc) is 4.24. The normalized spacial score (nSPS) is 17.3. The summed E-state index contributed by atoms with van der Waals surface area (Å²) >= 11 is 2.86. The van der Waals surface area contributed by atoms with E-state index in [4.69, 9.17) is 15.7 Å². The second kappa shape index (κ2) is 27.3. The van der Waals surface area contributed by atoms with E-state index < -0.39 is 5.97 Å². The predicted octanol–water partition coefficient (Wildman–Crippen LogP) is 11.2. The van der Waals surface area contributed by atoms with Gasteiger partial charge in [-0.15, -0.1) is 22.7 Å². The molecule has 0 spiro atoms. The number of benzene rings is 2. The van der Waals surface area contributed by atoms with Crippen LogP contribution in [0.4, 0.5) is 11.4 Å². The Balaban J connectivity index is 0.000000158. The first-order valence-corrected chi connectivity index (χ1v) is 30.4. The van der Waals surface area contributed by atoms with E-state index in [1.54, 1.807) is 29.8 Å². The Morgan fingerprint density at radius 3 is 1.54 bits per heavy atom. The molecule has 6 N–H and O–H groups in total. The SMILES string of the molecule is CN1CCC(N)CC1.CN1CCC(NC(=O)c2cc3ccc(-c4cc(NCCCN5CCCCC5)c5cnccc5n4)cc3s2)CC1.O=C(O)c1cc2ccc(-c3cc(NCCCN4CCCCC4)c4cnccc4n3)cc2s1. The summed E-state index contributed by atoms with van der Waals surface area (Å²) in [5.41, 5.74) is 13.4. The summed E-state index contributed by atoms with van der Waals surface area (Å²) in [5.74, 6) is -0.847. The Bertz CT molecular complexity index is 3290. The highest BCUT2D eigenvalue weighted by atomic mass is 32.1. The van der Waals surface area contributed by atoms with Gasteiger partial charge in [-0.1, -0.05) is 37.1 Å². The van der Waals surface area contributed by atoms with Crippen molar-refractivity contribution < 1.29 is 14.7 Å². The predicted molar refractivity (Wildman–Crippen MR) is 327 cm³/mol. The quantitative estimate of drug-likeness (QED) is 0.0612. The number of pyridine rings is 4. The van der Waals surface area contributed by atoms with Crippen molar-refractivity contribution in [2.45, 2.75) is 89.1 Å². The Labute approximate surface area is 473 Å². The molecular weight excluding hydrogens is 1020 g/mol. The Morgan fingerprint density at radius 1 is 0.595 bits per heavy atom. The van der Waals surface area contributed by atoms with Gasteiger partial charge in [0, 0.05) is 92.6 Å². The smallest absolute Gasteiger partial charge is 0.345 e. The van der Waals surface area contributed by atoms with Crippen LogP contribution in [0.2, 0.25) is 0 Å². The molecule has 8 aromatic rings. The number of aromatic nitrogens is 4. The zero-order chi connectivity index (χ0) is 54.5. The molecule has 4 fully saturated rings. The van der Waals surface area contributed by atoms with Crippen LogP contribution in [-0.2, 0) is 0 Å². The number of hydrogen-bond donors (Lipinski definition) is 5. The monoisotopic (exact) mass is 1100 g/mol. The first kappa shape index (κ1) is 56.1. The van der Waals surface area contributed by atoms with E-state index in [1.165, 1.54) is 102 Å². The molecule has 0 radical (unpaired) electrons. The number of carboxylic acid groups (broad SMARTS) is 1. The fourth-order valence-electron chi connectivity index (χ4n) is 11.2. The summed E-state index contributed by atoms with van der Waals surface area (Å²) in [5, 5.41) is 23.9. The lowest BCUT2D eigenvalue weighted by atomic mass is 10.1. The van der Waals surface area contributed by atoms with Crippen LogP contribution < -0.4 is 21.7 Å². The van der Waals surface area contributed by atoms with Crippen LogP contribution >= 0.6 is 22.7 Å². The van der Waals surface area contributed by atoms with Crippen LogP contribution in [0, 0.1) is 0 Å². The van der Waals surface area contributed by atoms with Crippen molar-refractivity contribution in [1.82, 2.24) is 44.9 Å². The van der Waals surface area contributed by atoms with Gasteiger partial charge in [0.2, 0.25) is 0 Å². The highest BCUT2D eigenvalue weighted by molar-refractivity contribution is 7.21. The summed E-state index contributed by atoms with van der Waals surface area (Å²) in [6, 6.07) is 25.0. The van der Waals surface area contributed by atoms with Crippen molar-refractivity contribution in [3.63, 3.8) is 0 Å². The van der Waals surface area contributed by atoms with E-state index in [0.717, 1.165) is 146 Å². The van der Waals surface area contributed by atoms with Crippen LogP contribution in [0.15, 0.2) is 97.6 Å². The molecule has 0 bridgehead atoms. The third-order valence-corrected chi connectivity index (χ3v) is 18.1. The van der Waals surface area contributed by atoms with E-state index >= 15 is 0 Å². The molecule has 10 heterocycles. The van der Waals surface area contributed by atoms with Crippen molar-refractivity contribution >= 4 is 87.9 Å². The second-order valence-electron chi connectivity index (χ2n) is 22.0. The van der Waals surface area contributed by atoms with Crippen molar-refractivity contribution in [2.75, 3.05) is 103 Å². The Kier molecular flexibility index (Phi) is 19.4. The second-order valence-corrected chi connectivity index (χ2v) is 24.2. The number of amides is 1. The summed E-state index contributed by atoms with van der Waals surface area (Å²) in [6.07, 6.45) is 21.9. The number of piperidine rings is 4. The van der Waals surface area contributed by atoms with Crippen LogP contribution in [-0.4, -0.2) is 161 Å². The van der Waals surface area contributed by atoms with E-state index in [1.807, 2.05) is 48.8 Å². The average molecular weight is 1100 g/mol. The third kappa shape index (κ3) is 15.2. The minimum atomic E-state index is -0.889. The molecule has 79 heavy (non-hydrogen) atoms. The van der Waals surface area contributed by atoms with Gasteiger partial charge >= 0.3 is 5.97 Å². The highest BCUT2D eigenvalue weighted by Gasteiger charge is 2.21. The number of fused-ring (bicyclic) bond motifs is 4. The minimum Gasteiger partial charge on any atom is -0.477 e. The molecule has 4 aliphatic rings. The maximum atomic E-state index is 13.0. The summed E-state index contributed by atoms with van der Waals surface area (Å²) < 4.78 is 2.06. The van der Waals surface area contributed by atoms with Crippen LogP contribution in [0.5, 0.6) is 0 Å². The van der Waals surface area contributed by atoms with E-state index in [2.05, 4.69) is 89.9 Å². The zero-order valence-corrected chi connectivity index (χ0v) is 47.7. The first-order chi connectivity index (χ1) is 38.6. The van der Waals surface area contributed by atoms with Gasteiger partial charge in [-0.2, -0.15) is 0 Å². The molecule has 2 aromatic carbocycles. The highest BCUT2D eigenvalue weighted by Crippen LogP contribution is 2.35. The molecule has 4 aliphatic heterocycles. The minimum absolute atomic E-state index is 0.0414. The molecule has 0 atom stereocenters. The molecule has 4 saturated heterocycles. The molecule has 0 aliphatic carbocycles. The van der Waals surface area contributed by atoms with E-state index in [0.29, 0.717) is 10.9 Å². The van der Waals surface area contributed by atoms with Crippen molar-refractivity contribution in [1.29, 1.82) is 0 Å². The number of anilines is 2. The molecule has 15 nitrogen and oxygen atoms in total. The fourth-order valence-corrected chi connectivity index (χ4v) is 13.1. The van der Waals surface area contributed by atoms with Crippen LogP contribution in [0.3, 0.4) is 0 Å². The third-order valence-electron chi connectivity index (χ3n) is 15.9. The van der Waals surface area contributed by atoms with Crippen LogP contribution in [0.1, 0.15) is 96.4 Å². The molecule has 1 amide bonds. The number of nitrogens with zero attached hydrogens (tertiary/aromatic N) is 8. The lowest BCUT2D eigenvalue weighted by Gasteiger charge is -2.29. The molecule has 0 saturated carbocycles. The molecule has 12 rings (SSSR count). The Hall–Kier alpha value is -6.18. The number of carbonyl (C=O) groups excluding carboxylic acids is 1. The summed E-state index contributed by atoms with van der Waals surface area (Å²) in [6.45, 7) is 13.4. The van der Waals surface area contributed by atoms with Gasteiger partial charge in [0.1, 0.15) is 4.88 Å². The number of hydrogen-bond acceptors (Lipinski definition) is 15. The number of nitrogens with one attached hydrogen (secondary N) is 3. The molecule has 0 unspecified atom stereocenters. The van der Waals surface area contributed by atoms with Gasteiger partial charge in [-0.25, -0.2) is 14.8 Å². The topological polar surface area (TPSA) is 181 Å². The molecule has 6 aromatic heterocycles. The van der Waals surface area contributed by atoms with Gasteiger partial charge in [-0.05, 0) is 203 Å².